The Bertz CT molecular complexity index is 1140. The van der Waals surface area contributed by atoms with E-state index in [1.54, 1.807) is 11.8 Å². The molecule has 1 heterocycles. The molecule has 0 saturated heterocycles. The van der Waals surface area contributed by atoms with Crippen LogP contribution in [0.4, 0.5) is 17.1 Å². The number of aromatic hydroxyl groups is 1. The Hall–Kier alpha value is -2.23. The Kier molecular flexibility index (Phi) is 6.40. The van der Waals surface area contributed by atoms with Crippen LogP contribution in [0.5, 0.6) is 5.75 Å². The minimum atomic E-state index is -5.13. The van der Waals surface area contributed by atoms with Crippen LogP contribution in [-0.2, 0) is 3.74 Å². The summed E-state index contributed by atoms with van der Waals surface area (Å²) in [6.45, 7) is 0. The predicted octanol–water partition coefficient (Wildman–Crippen LogP) is 3.52. The fourth-order valence-electron chi connectivity index (χ4n) is 2.45. The molecule has 1 aliphatic rings. The van der Waals surface area contributed by atoms with E-state index in [0.29, 0.717) is 6.07 Å². The number of fused-ring (bicyclic) bond motifs is 2. The van der Waals surface area contributed by atoms with Crippen molar-refractivity contribution in [3.05, 3.63) is 75.3 Å². The second-order valence-corrected chi connectivity index (χ2v) is 11.2. The van der Waals surface area contributed by atoms with Crippen molar-refractivity contribution in [3.63, 3.8) is 0 Å². The van der Waals surface area contributed by atoms with Crippen LogP contribution < -0.4 is 9.67 Å². The number of halogens is 1. The molecule has 11 heteroatoms. The maximum absolute atomic E-state index is 10.8. The zero-order valence-electron chi connectivity index (χ0n) is 14.5. The average molecular weight is 541 g/mol. The summed E-state index contributed by atoms with van der Waals surface area (Å²) in [7, 11) is 0. The van der Waals surface area contributed by atoms with E-state index in [-0.39, 0.29) is 0 Å². The summed E-state index contributed by atoms with van der Waals surface area (Å²) in [5.74, 6) is -0.622. The molecule has 3 aromatic carbocycles. The van der Waals surface area contributed by atoms with E-state index in [1.165, 1.54) is 21.2 Å². The van der Waals surface area contributed by atoms with Crippen molar-refractivity contribution < 1.29 is 22.0 Å². The average Bonchev–Trinajstić information content (AvgIpc) is 2.66. The number of nitro benzene ring substituents is 1. The first-order chi connectivity index (χ1) is 13.6. The van der Waals surface area contributed by atoms with Gasteiger partial charge in [0.05, 0.1) is 11.4 Å². The predicted molar refractivity (Wildman–Crippen MR) is 113 cm³/mol. The zero-order chi connectivity index (χ0) is 21.2. The molecule has 0 amide bonds. The molecule has 0 aliphatic carbocycles. The number of phenolic OH excluding ortho intramolecular Hbond substituents is 1. The van der Waals surface area contributed by atoms with Crippen molar-refractivity contribution in [2.45, 2.75) is 9.79 Å². The van der Waals surface area contributed by atoms with Crippen LogP contribution in [0.15, 0.2) is 74.9 Å². The molecule has 0 atom stereocenters. The second kappa shape index (κ2) is 8.64. The van der Waals surface area contributed by atoms with Crippen LogP contribution in [-0.4, -0.2) is 32.4 Å². The van der Waals surface area contributed by atoms with E-state index in [4.69, 9.17) is 13.3 Å². The number of hydrogen-bond donors (Lipinski definition) is 4. The van der Waals surface area contributed by atoms with Gasteiger partial charge in [0.2, 0.25) is 0 Å². The van der Waals surface area contributed by atoms with E-state index in [9.17, 15) is 13.9 Å². The summed E-state index contributed by atoms with van der Waals surface area (Å²) in [6.07, 6.45) is 0. The number of nitrogens with zero attached hydrogens (tertiary/aromatic N) is 1. The number of hydrogen-bond acceptors (Lipinski definition) is 6. The molecule has 150 valence electrons. The van der Waals surface area contributed by atoms with Crippen LogP contribution in [0.2, 0.25) is 0 Å². The van der Waals surface area contributed by atoms with Gasteiger partial charge in [-0.05, 0) is 30.3 Å². The van der Waals surface area contributed by atoms with Gasteiger partial charge in [0, 0.05) is 14.3 Å². The summed E-state index contributed by atoms with van der Waals surface area (Å²) in [6, 6.07) is 17.2. The van der Waals surface area contributed by atoms with Gasteiger partial charge in [-0.25, -0.2) is 0 Å². The van der Waals surface area contributed by atoms with Crippen molar-refractivity contribution in [1.82, 2.24) is 0 Å². The minimum absolute atomic E-state index is 0.437. The molecule has 3 aromatic rings. The van der Waals surface area contributed by atoms with Gasteiger partial charge in [-0.1, -0.05) is 39.8 Å². The van der Waals surface area contributed by atoms with E-state index >= 15 is 0 Å². The molecule has 8 nitrogen and oxygen atoms in total. The fourth-order valence-corrected chi connectivity index (χ4v) is 5.16. The van der Waals surface area contributed by atoms with E-state index in [0.717, 1.165) is 16.6 Å². The first-order valence-electron chi connectivity index (χ1n) is 8.02. The van der Waals surface area contributed by atoms with E-state index < -0.39 is 34.9 Å². The third kappa shape index (κ3) is 5.23. The van der Waals surface area contributed by atoms with Gasteiger partial charge in [0.25, 0.3) is 0 Å². The van der Waals surface area contributed by atoms with Gasteiger partial charge in [-0.15, -0.1) is 0 Å². The van der Waals surface area contributed by atoms with Gasteiger partial charge in [0.15, 0.2) is 0 Å². The monoisotopic (exact) mass is 540 g/mol. The zero-order valence-corrected chi connectivity index (χ0v) is 18.8. The van der Waals surface area contributed by atoms with E-state index in [1.807, 2.05) is 0 Å². The quantitative estimate of drug-likeness (QED) is 0.172. The van der Waals surface area contributed by atoms with Crippen molar-refractivity contribution in [2.24, 2.45) is 0 Å². The molecule has 0 unspecified atom stereocenters. The van der Waals surface area contributed by atoms with E-state index in [2.05, 4.69) is 63.7 Å². The van der Waals surface area contributed by atoms with Gasteiger partial charge >= 0.3 is 80.2 Å². The van der Waals surface area contributed by atoms with Crippen LogP contribution in [0.1, 0.15) is 0 Å². The number of phenols is 1. The summed E-state index contributed by atoms with van der Waals surface area (Å²) < 4.78 is 29.0. The number of nitrogens with one attached hydrogen (secondary N) is 1. The fraction of sp³-hybridized carbons (Fsp3) is 0. The van der Waals surface area contributed by atoms with Gasteiger partial charge in [-0.3, -0.25) is 0 Å². The molecule has 0 bridgehead atoms. The number of rotatable bonds is 2. The second-order valence-electron chi connectivity index (χ2n) is 5.84. The first-order valence-corrected chi connectivity index (χ1v) is 13.0. The SMILES string of the molecule is Brc1ccc2c(c1)Sc1ccccc1N2.O=[N+]([O-])c1cc([As](=O)(O)O)ccc1O. The normalized spacial score (nSPS) is 12.0. The number of anilines is 2. The summed E-state index contributed by atoms with van der Waals surface area (Å²) in [5.41, 5.74) is 1.66. The Morgan fingerprint density at radius 1 is 1.00 bits per heavy atom. The summed E-state index contributed by atoms with van der Waals surface area (Å²) in [4.78, 5) is 11.9. The molecule has 0 spiro atoms. The number of benzene rings is 3. The molecule has 0 fully saturated rings. The van der Waals surface area contributed by atoms with Crippen molar-refractivity contribution in [3.8, 4) is 5.75 Å². The topological polar surface area (TPSA) is 133 Å². The first kappa shape index (κ1) is 21.5. The number of nitro groups is 1. The van der Waals surface area contributed by atoms with Crippen LogP contribution in [0, 0.1) is 10.1 Å². The van der Waals surface area contributed by atoms with Gasteiger partial charge in [0.1, 0.15) is 0 Å². The summed E-state index contributed by atoms with van der Waals surface area (Å²) >= 11 is 0.163. The molecule has 0 aromatic heterocycles. The third-order valence-corrected chi connectivity index (χ3v) is 7.43. The summed E-state index contributed by atoms with van der Waals surface area (Å²) in [5, 5.41) is 22.7. The Balaban J connectivity index is 0.000000166. The third-order valence-electron chi connectivity index (χ3n) is 3.81. The molecule has 1 aliphatic heterocycles. The van der Waals surface area contributed by atoms with Crippen molar-refractivity contribution in [1.29, 1.82) is 0 Å². The van der Waals surface area contributed by atoms with Gasteiger partial charge < -0.3 is 5.32 Å². The molecular formula is C18H14AsBrN2O6S. The Morgan fingerprint density at radius 3 is 2.38 bits per heavy atom. The van der Waals surface area contributed by atoms with Crippen LogP contribution in [0.25, 0.3) is 0 Å². The number of para-hydroxylation sites is 1. The Labute approximate surface area is 180 Å². The molecule has 4 N–H and O–H groups in total. The molecular weight excluding hydrogens is 527 g/mol. The van der Waals surface area contributed by atoms with Gasteiger partial charge in [-0.2, -0.15) is 0 Å². The van der Waals surface area contributed by atoms with Crippen LogP contribution >= 0.6 is 27.7 Å². The molecule has 4 rings (SSSR count). The maximum atomic E-state index is 10.8. The standard InChI is InChI=1S/C12H8BrNS.C6H6AsNO6/c13-8-5-6-10-12(7-8)15-11-4-2-1-3-9(11)14-10;9-6-2-1-4(7(10,11)12)3-5(6)8(13)14/h1-7,14H;1-3,9H,(H2,10,11,12). The van der Waals surface area contributed by atoms with Crippen molar-refractivity contribution >= 4 is 63.3 Å². The Morgan fingerprint density at radius 2 is 1.69 bits per heavy atom. The molecule has 0 radical (unpaired) electrons. The van der Waals surface area contributed by atoms with Crippen LogP contribution in [0.3, 0.4) is 0 Å². The van der Waals surface area contributed by atoms with Crippen molar-refractivity contribution in [2.75, 3.05) is 5.32 Å². The molecule has 0 saturated carbocycles. The molecule has 29 heavy (non-hydrogen) atoms.